The molecule has 0 bridgehead atoms. The summed E-state index contributed by atoms with van der Waals surface area (Å²) in [4.78, 5) is 25.3. The normalized spacial score (nSPS) is 12.5. The molecule has 0 rings (SSSR count). The monoisotopic (exact) mass is 841 g/mol. The average Bonchev–Trinajstić information content (AvgIpc) is 3.25. The average molecular weight is 841 g/mol. The van der Waals surface area contributed by atoms with Crippen molar-refractivity contribution < 1.29 is 23.8 Å². The Morgan fingerprint density at radius 1 is 0.383 bits per heavy atom. The lowest BCUT2D eigenvalue weighted by atomic mass is 10.0. The van der Waals surface area contributed by atoms with Crippen molar-refractivity contribution in [2.75, 3.05) is 19.8 Å². The summed E-state index contributed by atoms with van der Waals surface area (Å²) in [6.07, 6.45) is 62.7. The SMILES string of the molecule is CC/C=C\C/C=C\C/C=C\C/C=C\CCCCCCCCCOCC(COC(=O)CCCCCCCCCCCCCCCCC)OC(=O)CCCCCCCCCCC. The summed E-state index contributed by atoms with van der Waals surface area (Å²) in [5, 5.41) is 0. The molecule has 1 atom stereocenters. The Bertz CT molecular complexity index is 997. The molecule has 0 aromatic rings. The van der Waals surface area contributed by atoms with Gasteiger partial charge in [0, 0.05) is 19.4 Å². The van der Waals surface area contributed by atoms with E-state index in [4.69, 9.17) is 14.2 Å². The standard InChI is InChI=1S/C55H100O5/c1-4-7-10-13-16-19-21-23-25-26-27-28-29-31-33-35-38-41-44-47-50-58-51-53(60-55(57)49-46-43-40-36-18-15-12-9-6-3)52-59-54(56)48-45-42-39-37-34-32-30-24-22-20-17-14-11-8-5-2/h7,10,16,19,23,25,27-28,53H,4-6,8-9,11-15,17-18,20-22,24,26,29-52H2,1-3H3/b10-7-,19-16-,25-23-,28-27-. The fraction of sp³-hybridized carbons (Fsp3) is 0.818. The molecular formula is C55H100O5. The highest BCUT2D eigenvalue weighted by atomic mass is 16.6. The second-order valence-corrected chi connectivity index (χ2v) is 17.4. The molecule has 0 aromatic carbocycles. The van der Waals surface area contributed by atoms with Crippen LogP contribution in [0.15, 0.2) is 48.6 Å². The molecule has 5 nitrogen and oxygen atoms in total. The molecule has 0 radical (unpaired) electrons. The van der Waals surface area contributed by atoms with Crippen LogP contribution >= 0.6 is 0 Å². The zero-order valence-corrected chi connectivity index (χ0v) is 40.2. The quantitative estimate of drug-likeness (QED) is 0.0347. The summed E-state index contributed by atoms with van der Waals surface area (Å²) < 4.78 is 17.4. The summed E-state index contributed by atoms with van der Waals surface area (Å²) in [6, 6.07) is 0. The number of hydrogen-bond acceptors (Lipinski definition) is 5. The van der Waals surface area contributed by atoms with Crippen LogP contribution in [0.5, 0.6) is 0 Å². The Hall–Kier alpha value is -2.14. The molecule has 0 heterocycles. The predicted octanol–water partition coefficient (Wildman–Crippen LogP) is 17.6. The Morgan fingerprint density at radius 3 is 1.20 bits per heavy atom. The van der Waals surface area contributed by atoms with Crippen LogP contribution in [0.1, 0.15) is 265 Å². The predicted molar refractivity (Wildman–Crippen MR) is 261 cm³/mol. The van der Waals surface area contributed by atoms with Crippen molar-refractivity contribution in [3.63, 3.8) is 0 Å². The zero-order chi connectivity index (χ0) is 43.5. The molecule has 0 aliphatic heterocycles. The first kappa shape index (κ1) is 57.9. The van der Waals surface area contributed by atoms with Crippen LogP contribution < -0.4 is 0 Å². The minimum Gasteiger partial charge on any atom is -0.462 e. The largest absolute Gasteiger partial charge is 0.462 e. The molecule has 0 aliphatic carbocycles. The van der Waals surface area contributed by atoms with Crippen molar-refractivity contribution in [1.82, 2.24) is 0 Å². The lowest BCUT2D eigenvalue weighted by Crippen LogP contribution is -2.30. The fourth-order valence-electron chi connectivity index (χ4n) is 7.50. The van der Waals surface area contributed by atoms with Crippen LogP contribution in [-0.4, -0.2) is 37.9 Å². The molecule has 0 saturated heterocycles. The summed E-state index contributed by atoms with van der Waals surface area (Å²) >= 11 is 0. The van der Waals surface area contributed by atoms with E-state index in [1.54, 1.807) is 0 Å². The number of hydrogen-bond donors (Lipinski definition) is 0. The molecule has 0 spiro atoms. The Balaban J connectivity index is 4.17. The molecular weight excluding hydrogens is 741 g/mol. The van der Waals surface area contributed by atoms with Crippen LogP contribution in [0.2, 0.25) is 0 Å². The molecule has 0 amide bonds. The molecule has 0 N–H and O–H groups in total. The third kappa shape index (κ3) is 48.5. The second kappa shape index (κ2) is 51.2. The van der Waals surface area contributed by atoms with Gasteiger partial charge >= 0.3 is 11.9 Å². The van der Waals surface area contributed by atoms with Crippen LogP contribution in [0.3, 0.4) is 0 Å². The van der Waals surface area contributed by atoms with Crippen LogP contribution in [-0.2, 0) is 23.8 Å². The van der Waals surface area contributed by atoms with E-state index >= 15 is 0 Å². The van der Waals surface area contributed by atoms with Crippen molar-refractivity contribution in [2.45, 2.75) is 271 Å². The van der Waals surface area contributed by atoms with Gasteiger partial charge in [0.1, 0.15) is 6.61 Å². The van der Waals surface area contributed by atoms with Crippen molar-refractivity contribution >= 4 is 11.9 Å². The van der Waals surface area contributed by atoms with Crippen LogP contribution in [0.4, 0.5) is 0 Å². The van der Waals surface area contributed by atoms with E-state index in [0.29, 0.717) is 19.4 Å². The minimum atomic E-state index is -0.536. The lowest BCUT2D eigenvalue weighted by Gasteiger charge is -2.18. The van der Waals surface area contributed by atoms with Gasteiger partial charge in [-0.15, -0.1) is 0 Å². The molecule has 350 valence electrons. The summed E-state index contributed by atoms with van der Waals surface area (Å²) in [6.45, 7) is 7.71. The number of allylic oxidation sites excluding steroid dienone is 8. The number of unbranched alkanes of at least 4 members (excludes halogenated alkanes) is 29. The van der Waals surface area contributed by atoms with Gasteiger partial charge in [-0.05, 0) is 57.8 Å². The van der Waals surface area contributed by atoms with E-state index in [0.717, 1.165) is 64.2 Å². The molecule has 1 unspecified atom stereocenters. The molecule has 0 fully saturated rings. The van der Waals surface area contributed by atoms with Gasteiger partial charge in [0.25, 0.3) is 0 Å². The van der Waals surface area contributed by atoms with Crippen molar-refractivity contribution in [2.24, 2.45) is 0 Å². The van der Waals surface area contributed by atoms with E-state index in [1.807, 2.05) is 0 Å². The minimum absolute atomic E-state index is 0.0853. The van der Waals surface area contributed by atoms with Gasteiger partial charge in [-0.25, -0.2) is 0 Å². The molecule has 0 aliphatic rings. The first-order valence-electron chi connectivity index (χ1n) is 26.2. The number of ether oxygens (including phenoxy) is 3. The Kier molecular flexibility index (Phi) is 49.4. The molecule has 60 heavy (non-hydrogen) atoms. The highest BCUT2D eigenvalue weighted by Crippen LogP contribution is 2.15. The summed E-state index contributed by atoms with van der Waals surface area (Å²) in [5.74, 6) is -0.393. The van der Waals surface area contributed by atoms with Crippen LogP contribution in [0, 0.1) is 0 Å². The second-order valence-electron chi connectivity index (χ2n) is 17.4. The first-order chi connectivity index (χ1) is 29.6. The Labute approximate surface area is 373 Å². The molecule has 0 aromatic heterocycles. The maximum absolute atomic E-state index is 12.7. The van der Waals surface area contributed by atoms with E-state index in [9.17, 15) is 9.59 Å². The van der Waals surface area contributed by atoms with E-state index in [1.165, 1.54) is 167 Å². The fourth-order valence-corrected chi connectivity index (χ4v) is 7.50. The summed E-state index contributed by atoms with van der Waals surface area (Å²) in [7, 11) is 0. The maximum Gasteiger partial charge on any atom is 0.306 e. The maximum atomic E-state index is 12.7. The zero-order valence-electron chi connectivity index (χ0n) is 40.2. The van der Waals surface area contributed by atoms with Crippen molar-refractivity contribution in [3.05, 3.63) is 48.6 Å². The smallest absolute Gasteiger partial charge is 0.306 e. The van der Waals surface area contributed by atoms with Crippen LogP contribution in [0.25, 0.3) is 0 Å². The highest BCUT2D eigenvalue weighted by Gasteiger charge is 2.17. The van der Waals surface area contributed by atoms with Gasteiger partial charge in [-0.3, -0.25) is 9.59 Å². The highest BCUT2D eigenvalue weighted by molar-refractivity contribution is 5.70. The van der Waals surface area contributed by atoms with Gasteiger partial charge in [-0.2, -0.15) is 0 Å². The lowest BCUT2D eigenvalue weighted by molar-refractivity contribution is -0.163. The number of carbonyl (C=O) groups excluding carboxylic acids is 2. The topological polar surface area (TPSA) is 61.8 Å². The van der Waals surface area contributed by atoms with E-state index < -0.39 is 6.10 Å². The third-order valence-electron chi connectivity index (χ3n) is 11.4. The van der Waals surface area contributed by atoms with E-state index in [2.05, 4.69) is 69.4 Å². The van der Waals surface area contributed by atoms with Crippen molar-refractivity contribution in [1.29, 1.82) is 0 Å². The number of esters is 2. The van der Waals surface area contributed by atoms with Crippen molar-refractivity contribution in [3.8, 4) is 0 Å². The summed E-state index contributed by atoms with van der Waals surface area (Å²) in [5.41, 5.74) is 0. The Morgan fingerprint density at radius 2 is 0.750 bits per heavy atom. The number of rotatable bonds is 48. The van der Waals surface area contributed by atoms with Gasteiger partial charge in [0.2, 0.25) is 0 Å². The van der Waals surface area contributed by atoms with Gasteiger partial charge < -0.3 is 14.2 Å². The molecule has 5 heteroatoms. The van der Waals surface area contributed by atoms with Gasteiger partial charge in [-0.1, -0.05) is 243 Å². The third-order valence-corrected chi connectivity index (χ3v) is 11.4. The first-order valence-corrected chi connectivity index (χ1v) is 26.2. The number of carbonyl (C=O) groups is 2. The van der Waals surface area contributed by atoms with Gasteiger partial charge in [0.05, 0.1) is 6.61 Å². The molecule has 0 saturated carbocycles. The van der Waals surface area contributed by atoms with Gasteiger partial charge in [0.15, 0.2) is 6.10 Å². The van der Waals surface area contributed by atoms with E-state index in [-0.39, 0.29) is 25.2 Å².